The Morgan fingerprint density at radius 1 is 1.50 bits per heavy atom. The van der Waals surface area contributed by atoms with Gasteiger partial charge in [-0.3, -0.25) is 14.5 Å². The maximum absolute atomic E-state index is 11.7. The number of carbonyl (C=O) groups excluding carboxylic acids is 2. The number of nitrogens with zero attached hydrogens (tertiary/aromatic N) is 2. The molecule has 2 saturated heterocycles. The normalized spacial score (nSPS) is 22.5. The van der Waals surface area contributed by atoms with Crippen LogP contribution < -0.4 is 0 Å². The van der Waals surface area contributed by atoms with E-state index in [1.165, 1.54) is 0 Å². The average molecular weight is 256 g/mol. The van der Waals surface area contributed by atoms with Gasteiger partial charge in [0.1, 0.15) is 6.61 Å². The third-order valence-corrected chi connectivity index (χ3v) is 3.50. The zero-order valence-electron chi connectivity index (χ0n) is 10.2. The average Bonchev–Trinajstić information content (AvgIpc) is 2.68. The number of imide groups is 1. The van der Waals surface area contributed by atoms with Gasteiger partial charge >= 0.3 is 12.1 Å². The highest BCUT2D eigenvalue weighted by Crippen LogP contribution is 2.23. The summed E-state index contributed by atoms with van der Waals surface area (Å²) in [6.07, 6.45) is -0.587. The Balaban J connectivity index is 1.75. The predicted octanol–water partition coefficient (Wildman–Crippen LogP) is -0.382. The molecule has 0 aromatic rings. The molecular weight excluding hydrogens is 240 g/mol. The van der Waals surface area contributed by atoms with Gasteiger partial charge in [0.15, 0.2) is 0 Å². The number of carbonyl (C=O) groups is 3. The molecule has 1 unspecified atom stereocenters. The van der Waals surface area contributed by atoms with Gasteiger partial charge in [0.05, 0.1) is 19.0 Å². The van der Waals surface area contributed by atoms with Crippen LogP contribution in [0, 0.1) is 11.8 Å². The van der Waals surface area contributed by atoms with Crippen molar-refractivity contribution in [1.29, 1.82) is 0 Å². The van der Waals surface area contributed by atoms with E-state index in [-0.39, 0.29) is 25.0 Å². The van der Waals surface area contributed by atoms with Crippen molar-refractivity contribution in [3.8, 4) is 0 Å². The Bertz CT molecular complexity index is 378. The predicted molar refractivity (Wildman–Crippen MR) is 59.8 cm³/mol. The van der Waals surface area contributed by atoms with Crippen molar-refractivity contribution in [2.75, 3.05) is 32.8 Å². The molecule has 7 nitrogen and oxygen atoms in total. The van der Waals surface area contributed by atoms with Crippen LogP contribution in [0.5, 0.6) is 0 Å². The zero-order chi connectivity index (χ0) is 13.3. The molecule has 2 amide bonds. The molecule has 0 aliphatic carbocycles. The minimum Gasteiger partial charge on any atom is -0.481 e. The molecule has 1 N–H and O–H groups in total. The van der Waals surface area contributed by atoms with Crippen LogP contribution in [-0.2, 0) is 14.3 Å². The van der Waals surface area contributed by atoms with Gasteiger partial charge in [0.2, 0.25) is 5.91 Å². The summed E-state index contributed by atoms with van der Waals surface area (Å²) in [5.74, 6) is -1.40. The van der Waals surface area contributed by atoms with Gasteiger partial charge in [-0.25, -0.2) is 9.69 Å². The van der Waals surface area contributed by atoms with Crippen molar-refractivity contribution < 1.29 is 24.2 Å². The lowest BCUT2D eigenvalue weighted by Gasteiger charge is -2.41. The molecule has 2 fully saturated rings. The van der Waals surface area contributed by atoms with Crippen LogP contribution in [0.1, 0.15) is 6.92 Å². The summed E-state index contributed by atoms with van der Waals surface area (Å²) in [6, 6.07) is 0. The molecule has 2 heterocycles. The fourth-order valence-corrected chi connectivity index (χ4v) is 2.15. The number of hydrogen-bond acceptors (Lipinski definition) is 5. The molecule has 0 spiro atoms. The molecule has 2 rings (SSSR count). The topological polar surface area (TPSA) is 87.2 Å². The van der Waals surface area contributed by atoms with Gasteiger partial charge in [-0.1, -0.05) is 6.92 Å². The van der Waals surface area contributed by atoms with E-state index in [0.717, 1.165) is 4.90 Å². The number of amides is 2. The van der Waals surface area contributed by atoms with Crippen molar-refractivity contribution in [3.05, 3.63) is 0 Å². The SMILES string of the molecule is CC(C(=O)O)C1CN(CC(=O)N2CCOC2=O)C1. The number of carboxylic acids is 1. The summed E-state index contributed by atoms with van der Waals surface area (Å²) in [5, 5.41) is 8.84. The molecule has 0 bridgehead atoms. The highest BCUT2D eigenvalue weighted by atomic mass is 16.6. The largest absolute Gasteiger partial charge is 0.481 e. The van der Waals surface area contributed by atoms with E-state index in [4.69, 9.17) is 5.11 Å². The third kappa shape index (κ3) is 2.45. The quantitative estimate of drug-likeness (QED) is 0.737. The smallest absolute Gasteiger partial charge is 0.416 e. The van der Waals surface area contributed by atoms with Crippen LogP contribution in [0.15, 0.2) is 0 Å². The number of rotatable bonds is 4. The van der Waals surface area contributed by atoms with E-state index in [0.29, 0.717) is 19.6 Å². The second kappa shape index (κ2) is 4.93. The fraction of sp³-hybridized carbons (Fsp3) is 0.727. The lowest BCUT2D eigenvalue weighted by molar-refractivity contribution is -0.145. The Morgan fingerprint density at radius 2 is 2.17 bits per heavy atom. The second-order valence-electron chi connectivity index (χ2n) is 4.74. The number of cyclic esters (lactones) is 1. The summed E-state index contributed by atoms with van der Waals surface area (Å²) < 4.78 is 4.68. The number of ether oxygens (including phenoxy) is 1. The highest BCUT2D eigenvalue weighted by Gasteiger charge is 2.37. The fourth-order valence-electron chi connectivity index (χ4n) is 2.15. The number of aliphatic carboxylic acids is 1. The first-order valence-electron chi connectivity index (χ1n) is 5.91. The second-order valence-corrected chi connectivity index (χ2v) is 4.74. The molecular formula is C11H16N2O5. The molecule has 0 saturated carbocycles. The Kier molecular flexibility index (Phi) is 3.51. The summed E-state index contributed by atoms with van der Waals surface area (Å²) in [4.78, 5) is 36.6. The summed E-state index contributed by atoms with van der Waals surface area (Å²) in [6.45, 7) is 3.55. The first-order valence-corrected chi connectivity index (χ1v) is 5.91. The van der Waals surface area contributed by atoms with Crippen molar-refractivity contribution in [2.24, 2.45) is 11.8 Å². The van der Waals surface area contributed by atoms with Crippen molar-refractivity contribution in [3.63, 3.8) is 0 Å². The Labute approximate surface area is 104 Å². The molecule has 1 atom stereocenters. The maximum atomic E-state index is 11.7. The standard InChI is InChI=1S/C11H16N2O5/c1-7(10(15)16)8-4-12(5-8)6-9(14)13-2-3-18-11(13)17/h7-8H,2-6H2,1H3,(H,15,16). The van der Waals surface area contributed by atoms with Gasteiger partial charge in [-0.2, -0.15) is 0 Å². The highest BCUT2D eigenvalue weighted by molar-refractivity contribution is 5.94. The number of carboxylic acid groups (broad SMARTS) is 1. The van der Waals surface area contributed by atoms with E-state index in [9.17, 15) is 14.4 Å². The van der Waals surface area contributed by atoms with Gasteiger partial charge in [0, 0.05) is 13.1 Å². The lowest BCUT2D eigenvalue weighted by Crippen LogP contribution is -2.54. The van der Waals surface area contributed by atoms with E-state index >= 15 is 0 Å². The first kappa shape index (κ1) is 12.8. The molecule has 2 aliphatic heterocycles. The minimum atomic E-state index is -0.811. The van der Waals surface area contributed by atoms with Crippen LogP contribution in [-0.4, -0.2) is 65.7 Å². The molecule has 7 heteroatoms. The van der Waals surface area contributed by atoms with Gasteiger partial charge in [-0.05, 0) is 5.92 Å². The zero-order valence-corrected chi connectivity index (χ0v) is 10.2. The van der Waals surface area contributed by atoms with E-state index in [1.807, 2.05) is 4.90 Å². The van der Waals surface area contributed by atoms with Crippen LogP contribution in [0.25, 0.3) is 0 Å². The van der Waals surface area contributed by atoms with E-state index < -0.39 is 18.0 Å². The first-order chi connectivity index (χ1) is 8.49. The van der Waals surface area contributed by atoms with Gasteiger partial charge < -0.3 is 9.84 Å². The van der Waals surface area contributed by atoms with Crippen LogP contribution in [0.3, 0.4) is 0 Å². The molecule has 0 aromatic carbocycles. The number of likely N-dealkylation sites (tertiary alicyclic amines) is 1. The van der Waals surface area contributed by atoms with Crippen LogP contribution >= 0.6 is 0 Å². The Morgan fingerprint density at radius 3 is 2.67 bits per heavy atom. The number of hydrogen-bond donors (Lipinski definition) is 1. The van der Waals surface area contributed by atoms with Crippen molar-refractivity contribution in [2.45, 2.75) is 6.92 Å². The van der Waals surface area contributed by atoms with Crippen LogP contribution in [0.4, 0.5) is 4.79 Å². The summed E-state index contributed by atoms with van der Waals surface area (Å²) in [7, 11) is 0. The van der Waals surface area contributed by atoms with Crippen molar-refractivity contribution >= 4 is 18.0 Å². The lowest BCUT2D eigenvalue weighted by atomic mass is 9.87. The van der Waals surface area contributed by atoms with Crippen molar-refractivity contribution in [1.82, 2.24) is 9.80 Å². The molecule has 100 valence electrons. The minimum absolute atomic E-state index is 0.0841. The molecule has 2 aliphatic rings. The van der Waals surface area contributed by atoms with Crippen LogP contribution in [0.2, 0.25) is 0 Å². The molecule has 0 radical (unpaired) electrons. The monoisotopic (exact) mass is 256 g/mol. The Hall–Kier alpha value is -1.63. The van der Waals surface area contributed by atoms with E-state index in [1.54, 1.807) is 6.92 Å². The third-order valence-electron chi connectivity index (χ3n) is 3.50. The summed E-state index contributed by atoms with van der Waals surface area (Å²) >= 11 is 0. The summed E-state index contributed by atoms with van der Waals surface area (Å²) in [5.41, 5.74) is 0. The molecule has 0 aromatic heterocycles. The van der Waals surface area contributed by atoms with Gasteiger partial charge in [-0.15, -0.1) is 0 Å². The van der Waals surface area contributed by atoms with Gasteiger partial charge in [0.25, 0.3) is 0 Å². The maximum Gasteiger partial charge on any atom is 0.416 e. The molecule has 18 heavy (non-hydrogen) atoms. The van der Waals surface area contributed by atoms with E-state index in [2.05, 4.69) is 4.74 Å².